The van der Waals surface area contributed by atoms with Crippen LogP contribution in [0.2, 0.25) is 0 Å². The van der Waals surface area contributed by atoms with Crippen molar-refractivity contribution in [3.8, 4) is 11.3 Å². The van der Waals surface area contributed by atoms with E-state index in [1.165, 1.54) is 0 Å². The zero-order chi connectivity index (χ0) is 13.8. The summed E-state index contributed by atoms with van der Waals surface area (Å²) in [7, 11) is 0. The smallest absolute Gasteiger partial charge is 0.249 e. The summed E-state index contributed by atoms with van der Waals surface area (Å²) in [4.78, 5) is 11.8. The fourth-order valence-corrected chi connectivity index (χ4v) is 2.31. The van der Waals surface area contributed by atoms with Crippen LogP contribution in [0.3, 0.4) is 0 Å². The third-order valence-electron chi connectivity index (χ3n) is 3.45. The SMILES string of the molecule is O=C(NCc1ccc(-c2ccn[nH]2)cc1)C1CCCO1. The first-order valence-electron chi connectivity index (χ1n) is 6.81. The van der Waals surface area contributed by atoms with E-state index in [-0.39, 0.29) is 12.0 Å². The van der Waals surface area contributed by atoms with E-state index in [1.54, 1.807) is 6.20 Å². The van der Waals surface area contributed by atoms with Gasteiger partial charge in [0.05, 0.1) is 5.69 Å². The van der Waals surface area contributed by atoms with Gasteiger partial charge in [-0.05, 0) is 30.0 Å². The molecule has 1 aromatic carbocycles. The van der Waals surface area contributed by atoms with Crippen LogP contribution in [0.4, 0.5) is 0 Å². The zero-order valence-corrected chi connectivity index (χ0v) is 11.1. The molecule has 0 radical (unpaired) electrons. The van der Waals surface area contributed by atoms with Crippen molar-refractivity contribution >= 4 is 5.91 Å². The summed E-state index contributed by atoms with van der Waals surface area (Å²) in [5.41, 5.74) is 3.14. The molecular formula is C15H17N3O2. The lowest BCUT2D eigenvalue weighted by atomic mass is 10.1. The van der Waals surface area contributed by atoms with E-state index in [1.807, 2.05) is 30.3 Å². The Morgan fingerprint density at radius 1 is 1.35 bits per heavy atom. The van der Waals surface area contributed by atoms with Crippen LogP contribution in [0, 0.1) is 0 Å². The number of ether oxygens (including phenoxy) is 1. The van der Waals surface area contributed by atoms with E-state index in [2.05, 4.69) is 15.5 Å². The molecule has 2 heterocycles. The Bertz CT molecular complexity index is 557. The summed E-state index contributed by atoms with van der Waals surface area (Å²) >= 11 is 0. The number of carbonyl (C=O) groups excluding carboxylic acids is 1. The lowest BCUT2D eigenvalue weighted by Crippen LogP contribution is -2.33. The van der Waals surface area contributed by atoms with Gasteiger partial charge >= 0.3 is 0 Å². The van der Waals surface area contributed by atoms with Gasteiger partial charge in [-0.3, -0.25) is 9.89 Å². The number of aromatic nitrogens is 2. The highest BCUT2D eigenvalue weighted by atomic mass is 16.5. The Morgan fingerprint density at radius 3 is 2.85 bits per heavy atom. The maximum Gasteiger partial charge on any atom is 0.249 e. The normalized spacial score (nSPS) is 18.1. The first kappa shape index (κ1) is 12.9. The maximum atomic E-state index is 11.8. The van der Waals surface area contributed by atoms with E-state index in [0.717, 1.165) is 29.7 Å². The predicted octanol–water partition coefficient (Wildman–Crippen LogP) is 1.87. The zero-order valence-electron chi connectivity index (χ0n) is 11.1. The minimum atomic E-state index is -0.265. The van der Waals surface area contributed by atoms with Crippen molar-refractivity contribution in [1.29, 1.82) is 0 Å². The van der Waals surface area contributed by atoms with E-state index in [9.17, 15) is 4.79 Å². The quantitative estimate of drug-likeness (QED) is 0.892. The molecule has 1 aliphatic heterocycles. The van der Waals surface area contributed by atoms with E-state index in [0.29, 0.717) is 13.2 Å². The van der Waals surface area contributed by atoms with E-state index in [4.69, 9.17) is 4.74 Å². The molecule has 1 saturated heterocycles. The second-order valence-electron chi connectivity index (χ2n) is 4.89. The number of rotatable bonds is 4. The van der Waals surface area contributed by atoms with Crippen LogP contribution in [0.5, 0.6) is 0 Å². The molecule has 5 nitrogen and oxygen atoms in total. The summed E-state index contributed by atoms with van der Waals surface area (Å²) in [5, 5.41) is 9.76. The molecule has 2 N–H and O–H groups in total. The summed E-state index contributed by atoms with van der Waals surface area (Å²) in [6, 6.07) is 9.97. The average Bonchev–Trinajstić information content (AvgIpc) is 3.18. The number of H-pyrrole nitrogens is 1. The van der Waals surface area contributed by atoms with Gasteiger partial charge in [0.15, 0.2) is 0 Å². The Labute approximate surface area is 117 Å². The van der Waals surface area contributed by atoms with Crippen molar-refractivity contribution in [3.63, 3.8) is 0 Å². The van der Waals surface area contributed by atoms with Crippen LogP contribution in [0.25, 0.3) is 11.3 Å². The van der Waals surface area contributed by atoms with Crippen molar-refractivity contribution in [2.24, 2.45) is 0 Å². The third-order valence-corrected chi connectivity index (χ3v) is 3.45. The summed E-state index contributed by atoms with van der Waals surface area (Å²) < 4.78 is 5.35. The molecular weight excluding hydrogens is 254 g/mol. The van der Waals surface area contributed by atoms with Gasteiger partial charge in [0.2, 0.25) is 5.91 Å². The molecule has 1 aromatic heterocycles. The molecule has 2 aromatic rings. The molecule has 5 heteroatoms. The highest BCUT2D eigenvalue weighted by Gasteiger charge is 2.22. The van der Waals surface area contributed by atoms with Gasteiger partial charge < -0.3 is 10.1 Å². The highest BCUT2D eigenvalue weighted by molar-refractivity contribution is 5.80. The monoisotopic (exact) mass is 271 g/mol. The largest absolute Gasteiger partial charge is 0.368 e. The molecule has 20 heavy (non-hydrogen) atoms. The van der Waals surface area contributed by atoms with Crippen LogP contribution in [0.1, 0.15) is 18.4 Å². The Kier molecular flexibility index (Phi) is 3.78. The highest BCUT2D eigenvalue weighted by Crippen LogP contribution is 2.17. The topological polar surface area (TPSA) is 67.0 Å². The van der Waals surface area contributed by atoms with Crippen molar-refractivity contribution in [2.75, 3.05) is 6.61 Å². The molecule has 1 amide bonds. The number of aromatic amines is 1. The van der Waals surface area contributed by atoms with Crippen LogP contribution in [-0.2, 0) is 16.1 Å². The van der Waals surface area contributed by atoms with Crippen LogP contribution >= 0.6 is 0 Å². The number of nitrogens with zero attached hydrogens (tertiary/aromatic N) is 1. The lowest BCUT2D eigenvalue weighted by molar-refractivity contribution is -0.130. The Balaban J connectivity index is 1.57. The van der Waals surface area contributed by atoms with Crippen LogP contribution < -0.4 is 5.32 Å². The molecule has 1 atom stereocenters. The standard InChI is InChI=1S/C15H17N3O2/c19-15(14-2-1-9-20-14)16-10-11-3-5-12(6-4-11)13-7-8-17-18-13/h3-8,14H,1-2,9-10H2,(H,16,19)(H,17,18). The van der Waals surface area contributed by atoms with Crippen LogP contribution in [-0.4, -0.2) is 28.8 Å². The van der Waals surface area contributed by atoms with Gasteiger partial charge in [-0.15, -0.1) is 0 Å². The average molecular weight is 271 g/mol. The first-order chi connectivity index (χ1) is 9.83. The number of hydrogen-bond acceptors (Lipinski definition) is 3. The molecule has 1 fully saturated rings. The maximum absolute atomic E-state index is 11.8. The fraction of sp³-hybridized carbons (Fsp3) is 0.333. The molecule has 0 bridgehead atoms. The van der Waals surface area contributed by atoms with Crippen molar-refractivity contribution in [1.82, 2.24) is 15.5 Å². The number of hydrogen-bond donors (Lipinski definition) is 2. The van der Waals surface area contributed by atoms with Gasteiger partial charge in [-0.25, -0.2) is 0 Å². The molecule has 0 aliphatic carbocycles. The minimum Gasteiger partial charge on any atom is -0.368 e. The summed E-state index contributed by atoms with van der Waals surface area (Å²) in [6.07, 6.45) is 3.26. The lowest BCUT2D eigenvalue weighted by Gasteiger charge is -2.10. The van der Waals surface area contributed by atoms with Gasteiger partial charge in [0.25, 0.3) is 0 Å². The molecule has 0 saturated carbocycles. The first-order valence-corrected chi connectivity index (χ1v) is 6.81. The van der Waals surface area contributed by atoms with Gasteiger partial charge in [0, 0.05) is 19.3 Å². The third kappa shape index (κ3) is 2.88. The van der Waals surface area contributed by atoms with E-state index >= 15 is 0 Å². The van der Waals surface area contributed by atoms with Crippen molar-refractivity contribution in [3.05, 3.63) is 42.1 Å². The predicted molar refractivity (Wildman–Crippen MR) is 74.8 cm³/mol. The number of nitrogens with one attached hydrogen (secondary N) is 2. The summed E-state index contributed by atoms with van der Waals surface area (Å²) in [6.45, 7) is 1.22. The molecule has 104 valence electrons. The summed E-state index contributed by atoms with van der Waals surface area (Å²) in [5.74, 6) is -0.0138. The fourth-order valence-electron chi connectivity index (χ4n) is 2.31. The van der Waals surface area contributed by atoms with Crippen molar-refractivity contribution in [2.45, 2.75) is 25.5 Å². The Morgan fingerprint density at radius 2 is 2.20 bits per heavy atom. The number of amides is 1. The van der Waals surface area contributed by atoms with E-state index < -0.39 is 0 Å². The van der Waals surface area contributed by atoms with Gasteiger partial charge in [-0.2, -0.15) is 5.10 Å². The molecule has 1 unspecified atom stereocenters. The second kappa shape index (κ2) is 5.88. The van der Waals surface area contributed by atoms with Gasteiger partial charge in [0.1, 0.15) is 6.10 Å². The molecule has 3 rings (SSSR count). The second-order valence-corrected chi connectivity index (χ2v) is 4.89. The molecule has 0 spiro atoms. The minimum absolute atomic E-state index is 0.0138. The number of benzene rings is 1. The van der Waals surface area contributed by atoms with Gasteiger partial charge in [-0.1, -0.05) is 24.3 Å². The van der Waals surface area contributed by atoms with Crippen molar-refractivity contribution < 1.29 is 9.53 Å². The van der Waals surface area contributed by atoms with Crippen LogP contribution in [0.15, 0.2) is 36.5 Å². The molecule has 1 aliphatic rings. The Hall–Kier alpha value is -2.14. The number of carbonyl (C=O) groups is 1.